The van der Waals surface area contributed by atoms with Crippen molar-refractivity contribution in [1.82, 2.24) is 0 Å². The first-order valence-corrected chi connectivity index (χ1v) is 3.53. The van der Waals surface area contributed by atoms with Crippen LogP contribution in [0, 0.1) is 22.7 Å². The van der Waals surface area contributed by atoms with Gasteiger partial charge in [-0.05, 0) is 26.7 Å². The summed E-state index contributed by atoms with van der Waals surface area (Å²) in [5, 5.41) is 8.57. The number of rotatable bonds is 2. The maximum Gasteiger partial charge on any atom is 0.155 e. The predicted octanol–water partition coefficient (Wildman–Crippen LogP) is 1.52. The smallest absolute Gasteiger partial charge is 0.155 e. The number of hydrogen-bond acceptors (Lipinski definition) is 2. The van der Waals surface area contributed by atoms with Crippen molar-refractivity contribution in [3.63, 3.8) is 0 Å². The van der Waals surface area contributed by atoms with Gasteiger partial charge in [-0.15, -0.1) is 0 Å². The molecule has 0 radical (unpaired) electrons. The lowest BCUT2D eigenvalue weighted by Gasteiger charge is -2.11. The SMILES string of the molecule is CC(C)(C#N)C(=O)C1CC1. The van der Waals surface area contributed by atoms with E-state index in [-0.39, 0.29) is 11.7 Å². The highest BCUT2D eigenvalue weighted by Gasteiger charge is 2.39. The zero-order valence-corrected chi connectivity index (χ0v) is 6.35. The second-order valence-electron chi connectivity index (χ2n) is 3.38. The molecule has 2 nitrogen and oxygen atoms in total. The van der Waals surface area contributed by atoms with Gasteiger partial charge in [0.1, 0.15) is 5.41 Å². The molecule has 0 amide bonds. The minimum Gasteiger partial charge on any atom is -0.298 e. The van der Waals surface area contributed by atoms with Crippen molar-refractivity contribution in [3.05, 3.63) is 0 Å². The van der Waals surface area contributed by atoms with Crippen LogP contribution in [-0.4, -0.2) is 5.78 Å². The van der Waals surface area contributed by atoms with Crippen LogP contribution in [0.2, 0.25) is 0 Å². The quantitative estimate of drug-likeness (QED) is 0.579. The fraction of sp³-hybridized carbons (Fsp3) is 0.750. The van der Waals surface area contributed by atoms with E-state index in [0.717, 1.165) is 12.8 Å². The maximum atomic E-state index is 11.2. The van der Waals surface area contributed by atoms with Gasteiger partial charge in [-0.1, -0.05) is 0 Å². The molecule has 54 valence electrons. The van der Waals surface area contributed by atoms with E-state index in [9.17, 15) is 4.79 Å². The monoisotopic (exact) mass is 137 g/mol. The molecule has 0 aromatic rings. The predicted molar refractivity (Wildman–Crippen MR) is 37.1 cm³/mol. The molecule has 0 unspecified atom stereocenters. The molecular weight excluding hydrogens is 126 g/mol. The number of carbonyl (C=O) groups is 1. The van der Waals surface area contributed by atoms with Gasteiger partial charge in [0.2, 0.25) is 0 Å². The van der Waals surface area contributed by atoms with Crippen molar-refractivity contribution in [2.45, 2.75) is 26.7 Å². The van der Waals surface area contributed by atoms with Crippen molar-refractivity contribution >= 4 is 5.78 Å². The van der Waals surface area contributed by atoms with Crippen molar-refractivity contribution in [2.75, 3.05) is 0 Å². The van der Waals surface area contributed by atoms with Gasteiger partial charge in [0.25, 0.3) is 0 Å². The van der Waals surface area contributed by atoms with Crippen LogP contribution in [0.5, 0.6) is 0 Å². The Kier molecular flexibility index (Phi) is 1.52. The van der Waals surface area contributed by atoms with Crippen molar-refractivity contribution < 1.29 is 4.79 Å². The van der Waals surface area contributed by atoms with E-state index < -0.39 is 5.41 Å². The fourth-order valence-corrected chi connectivity index (χ4v) is 0.911. The summed E-state index contributed by atoms with van der Waals surface area (Å²) in [6.07, 6.45) is 1.98. The molecule has 0 aromatic carbocycles. The Labute approximate surface area is 60.8 Å². The molecule has 0 bridgehead atoms. The Hall–Kier alpha value is -0.840. The fourth-order valence-electron chi connectivity index (χ4n) is 0.911. The highest BCUT2D eigenvalue weighted by Crippen LogP contribution is 2.36. The highest BCUT2D eigenvalue weighted by atomic mass is 16.1. The molecule has 1 fully saturated rings. The van der Waals surface area contributed by atoms with Crippen molar-refractivity contribution in [2.24, 2.45) is 11.3 Å². The van der Waals surface area contributed by atoms with E-state index in [1.807, 2.05) is 6.07 Å². The zero-order chi connectivity index (χ0) is 7.78. The molecule has 0 N–H and O–H groups in total. The molecule has 0 saturated heterocycles. The molecule has 0 spiro atoms. The van der Waals surface area contributed by atoms with Crippen LogP contribution >= 0.6 is 0 Å². The minimum absolute atomic E-state index is 0.120. The summed E-state index contributed by atoms with van der Waals surface area (Å²) in [5.41, 5.74) is -0.749. The molecule has 0 aliphatic heterocycles. The third-order valence-corrected chi connectivity index (χ3v) is 1.84. The Morgan fingerprint density at radius 3 is 2.40 bits per heavy atom. The van der Waals surface area contributed by atoms with Gasteiger partial charge in [0.15, 0.2) is 5.78 Å². The standard InChI is InChI=1S/C8H11NO/c1-8(2,5-9)7(10)6-3-4-6/h6H,3-4H2,1-2H3. The maximum absolute atomic E-state index is 11.2. The lowest BCUT2D eigenvalue weighted by Crippen LogP contribution is -2.23. The Balaban J connectivity index is 2.64. The third-order valence-electron chi connectivity index (χ3n) is 1.84. The summed E-state index contributed by atoms with van der Waals surface area (Å²) in [4.78, 5) is 11.2. The number of nitrogens with zero attached hydrogens (tertiary/aromatic N) is 1. The molecule has 0 aromatic heterocycles. The van der Waals surface area contributed by atoms with Crippen molar-refractivity contribution in [1.29, 1.82) is 5.26 Å². The van der Waals surface area contributed by atoms with Crippen LogP contribution < -0.4 is 0 Å². The van der Waals surface area contributed by atoms with Crippen LogP contribution in [0.1, 0.15) is 26.7 Å². The largest absolute Gasteiger partial charge is 0.298 e. The first-order chi connectivity index (χ1) is 4.58. The Bertz CT molecular complexity index is 196. The summed E-state index contributed by atoms with van der Waals surface area (Å²) in [6.45, 7) is 3.38. The van der Waals surface area contributed by atoms with E-state index >= 15 is 0 Å². The van der Waals surface area contributed by atoms with E-state index in [1.165, 1.54) is 0 Å². The molecule has 2 heteroatoms. The van der Waals surface area contributed by atoms with Gasteiger partial charge in [-0.3, -0.25) is 4.79 Å². The number of nitriles is 1. The highest BCUT2D eigenvalue weighted by molar-refractivity contribution is 5.90. The van der Waals surface area contributed by atoms with Gasteiger partial charge in [0, 0.05) is 5.92 Å². The van der Waals surface area contributed by atoms with Gasteiger partial charge < -0.3 is 0 Å². The van der Waals surface area contributed by atoms with E-state index in [0.29, 0.717) is 0 Å². The van der Waals surface area contributed by atoms with Crippen LogP contribution in [0.4, 0.5) is 0 Å². The summed E-state index contributed by atoms with van der Waals surface area (Å²) in [5.74, 6) is 0.324. The summed E-state index contributed by atoms with van der Waals surface area (Å²) in [6, 6.07) is 2.01. The van der Waals surface area contributed by atoms with Gasteiger partial charge >= 0.3 is 0 Å². The molecule has 10 heavy (non-hydrogen) atoms. The average Bonchev–Trinajstić information content (AvgIpc) is 2.68. The Morgan fingerprint density at radius 2 is 2.10 bits per heavy atom. The van der Waals surface area contributed by atoms with Crippen LogP contribution in [0.25, 0.3) is 0 Å². The van der Waals surface area contributed by atoms with Gasteiger partial charge in [0.05, 0.1) is 6.07 Å². The topological polar surface area (TPSA) is 40.9 Å². The van der Waals surface area contributed by atoms with Gasteiger partial charge in [-0.25, -0.2) is 0 Å². The summed E-state index contributed by atoms with van der Waals surface area (Å²) in [7, 11) is 0. The second-order valence-corrected chi connectivity index (χ2v) is 3.38. The number of Topliss-reactive ketones (excluding diaryl/α,β-unsaturated/α-hetero) is 1. The molecule has 1 saturated carbocycles. The minimum atomic E-state index is -0.749. The number of carbonyl (C=O) groups excluding carboxylic acids is 1. The molecule has 1 aliphatic carbocycles. The molecule has 1 aliphatic rings. The van der Waals surface area contributed by atoms with Gasteiger partial charge in [-0.2, -0.15) is 5.26 Å². The van der Waals surface area contributed by atoms with Crippen molar-refractivity contribution in [3.8, 4) is 6.07 Å². The number of hydrogen-bond donors (Lipinski definition) is 0. The average molecular weight is 137 g/mol. The second kappa shape index (κ2) is 2.09. The normalized spacial score (nSPS) is 18.1. The molecule has 0 heterocycles. The zero-order valence-electron chi connectivity index (χ0n) is 6.35. The van der Waals surface area contributed by atoms with Crippen LogP contribution in [0.3, 0.4) is 0 Å². The third kappa shape index (κ3) is 1.18. The first kappa shape index (κ1) is 7.27. The first-order valence-electron chi connectivity index (χ1n) is 3.53. The number of ketones is 1. The lowest BCUT2D eigenvalue weighted by molar-refractivity contribution is -0.125. The van der Waals surface area contributed by atoms with E-state index in [2.05, 4.69) is 0 Å². The Morgan fingerprint density at radius 1 is 1.60 bits per heavy atom. The van der Waals surface area contributed by atoms with Crippen LogP contribution in [-0.2, 0) is 4.79 Å². The van der Waals surface area contributed by atoms with Crippen LogP contribution in [0.15, 0.2) is 0 Å². The summed E-state index contributed by atoms with van der Waals surface area (Å²) < 4.78 is 0. The molecule has 1 rings (SSSR count). The lowest BCUT2D eigenvalue weighted by atomic mass is 9.87. The van der Waals surface area contributed by atoms with E-state index in [1.54, 1.807) is 13.8 Å². The molecular formula is C8H11NO. The van der Waals surface area contributed by atoms with E-state index in [4.69, 9.17) is 5.26 Å². The molecule has 0 atom stereocenters. The summed E-state index contributed by atoms with van der Waals surface area (Å²) >= 11 is 0.